The third-order valence-electron chi connectivity index (χ3n) is 4.45. The fraction of sp³-hybridized carbons (Fsp3) is 0.450. The number of hydrogen-bond acceptors (Lipinski definition) is 6. The zero-order valence-corrected chi connectivity index (χ0v) is 18.1. The quantitative estimate of drug-likeness (QED) is 0.743. The molecule has 2 aromatic rings. The minimum atomic E-state index is -0.525. The molecule has 0 atom stereocenters. The summed E-state index contributed by atoms with van der Waals surface area (Å²) in [5.74, 6) is 0.305. The molecule has 7 nitrogen and oxygen atoms in total. The Morgan fingerprint density at radius 1 is 1.28 bits per heavy atom. The molecule has 2 heterocycles. The molecule has 9 heteroatoms. The van der Waals surface area contributed by atoms with Crippen molar-refractivity contribution in [1.29, 1.82) is 0 Å². The Bertz CT molecular complexity index is 850. The summed E-state index contributed by atoms with van der Waals surface area (Å²) in [5.41, 5.74) is 1.72. The highest BCUT2D eigenvalue weighted by atomic mass is 35.5. The van der Waals surface area contributed by atoms with Gasteiger partial charge >= 0.3 is 6.09 Å². The smallest absolute Gasteiger partial charge is 0.413 e. The molecule has 1 N–H and O–H groups in total. The molecule has 1 aliphatic heterocycles. The maximum Gasteiger partial charge on any atom is 0.413 e. The molecule has 1 saturated heterocycles. The van der Waals surface area contributed by atoms with Crippen molar-refractivity contribution in [1.82, 2.24) is 9.88 Å². The molecule has 29 heavy (non-hydrogen) atoms. The van der Waals surface area contributed by atoms with Crippen LogP contribution in [-0.2, 0) is 16.0 Å². The Labute approximate surface area is 179 Å². The number of thiazole rings is 1. The van der Waals surface area contributed by atoms with Gasteiger partial charge in [0, 0.05) is 42.3 Å². The fourth-order valence-electron chi connectivity index (χ4n) is 2.96. The van der Waals surface area contributed by atoms with Crippen molar-refractivity contribution in [3.05, 3.63) is 40.4 Å². The molecule has 1 aromatic carbocycles. The predicted octanol–water partition coefficient (Wildman–Crippen LogP) is 3.89. The third-order valence-corrected chi connectivity index (χ3v) is 5.49. The number of hydrogen-bond donors (Lipinski definition) is 1. The van der Waals surface area contributed by atoms with Crippen LogP contribution in [0, 0.1) is 5.92 Å². The number of benzene rings is 1. The summed E-state index contributed by atoms with van der Waals surface area (Å²) < 4.78 is 5.08. The first-order valence-electron chi connectivity index (χ1n) is 9.57. The molecule has 0 bridgehead atoms. The summed E-state index contributed by atoms with van der Waals surface area (Å²) in [6.07, 6.45) is -0.306. The molecule has 0 saturated carbocycles. The second-order valence-corrected chi connectivity index (χ2v) is 8.58. The molecule has 2 amide bonds. The molecule has 0 radical (unpaired) electrons. The summed E-state index contributed by atoms with van der Waals surface area (Å²) >= 11 is 7.35. The summed E-state index contributed by atoms with van der Waals surface area (Å²) in [6, 6.07) is 7.75. The lowest BCUT2D eigenvalue weighted by Crippen LogP contribution is -2.49. The van der Waals surface area contributed by atoms with E-state index in [0.717, 1.165) is 18.8 Å². The average molecular weight is 437 g/mol. The van der Waals surface area contributed by atoms with Crippen LogP contribution in [0.2, 0.25) is 5.02 Å². The van der Waals surface area contributed by atoms with E-state index in [1.54, 1.807) is 5.38 Å². The highest BCUT2D eigenvalue weighted by Crippen LogP contribution is 2.21. The topological polar surface area (TPSA) is 74.8 Å². The predicted molar refractivity (Wildman–Crippen MR) is 116 cm³/mol. The minimum Gasteiger partial charge on any atom is -0.449 e. The van der Waals surface area contributed by atoms with Crippen molar-refractivity contribution in [2.75, 3.05) is 43.0 Å². The molecule has 156 valence electrons. The Hall–Kier alpha value is -2.32. The van der Waals surface area contributed by atoms with Crippen LogP contribution in [-0.4, -0.2) is 54.7 Å². The van der Waals surface area contributed by atoms with Gasteiger partial charge in [-0.25, -0.2) is 9.78 Å². The zero-order chi connectivity index (χ0) is 20.8. The molecule has 1 fully saturated rings. The lowest BCUT2D eigenvalue weighted by molar-refractivity contribution is -0.130. The average Bonchev–Trinajstić information content (AvgIpc) is 3.13. The van der Waals surface area contributed by atoms with E-state index < -0.39 is 6.09 Å². The van der Waals surface area contributed by atoms with Gasteiger partial charge < -0.3 is 14.5 Å². The molecule has 1 aromatic heterocycles. The number of nitrogens with zero attached hydrogens (tertiary/aromatic N) is 3. The van der Waals surface area contributed by atoms with E-state index in [4.69, 9.17) is 16.3 Å². The van der Waals surface area contributed by atoms with Gasteiger partial charge in [-0.3, -0.25) is 10.1 Å². The van der Waals surface area contributed by atoms with Crippen molar-refractivity contribution < 1.29 is 14.3 Å². The van der Waals surface area contributed by atoms with Crippen LogP contribution in [0.3, 0.4) is 0 Å². The highest BCUT2D eigenvalue weighted by Gasteiger charge is 2.22. The van der Waals surface area contributed by atoms with Crippen molar-refractivity contribution in [2.45, 2.75) is 20.3 Å². The first-order chi connectivity index (χ1) is 13.9. The Balaban J connectivity index is 1.46. The first-order valence-corrected chi connectivity index (χ1v) is 10.8. The van der Waals surface area contributed by atoms with Gasteiger partial charge in [-0.2, -0.15) is 0 Å². The number of aromatic nitrogens is 1. The van der Waals surface area contributed by atoms with Crippen molar-refractivity contribution in [2.24, 2.45) is 5.92 Å². The van der Waals surface area contributed by atoms with E-state index >= 15 is 0 Å². The summed E-state index contributed by atoms with van der Waals surface area (Å²) in [7, 11) is 0. The lowest BCUT2D eigenvalue weighted by atomic mass is 10.2. The van der Waals surface area contributed by atoms with Gasteiger partial charge in [-0.05, 0) is 24.1 Å². The van der Waals surface area contributed by atoms with E-state index in [1.165, 1.54) is 11.3 Å². The monoisotopic (exact) mass is 436 g/mol. The number of nitrogens with one attached hydrogen (secondary N) is 1. The molecular weight excluding hydrogens is 412 g/mol. The zero-order valence-electron chi connectivity index (χ0n) is 16.6. The maximum absolute atomic E-state index is 12.6. The standard InChI is InChI=1S/C20H25ClN4O3S/c1-14(2)12-28-20(27)23-19-22-16(13-29-19)11-18(26)25-8-6-24(7-9-25)17-5-3-4-15(21)10-17/h3-5,10,13-14H,6-9,11-12H2,1-2H3,(H,22,23,27). The SMILES string of the molecule is CC(C)COC(=O)Nc1nc(CC(=O)N2CCN(c3cccc(Cl)c3)CC2)cs1. The molecule has 0 spiro atoms. The number of halogens is 1. The van der Waals surface area contributed by atoms with E-state index in [0.29, 0.717) is 35.5 Å². The highest BCUT2D eigenvalue weighted by molar-refractivity contribution is 7.13. The van der Waals surface area contributed by atoms with Crippen LogP contribution >= 0.6 is 22.9 Å². The van der Waals surface area contributed by atoms with Crippen molar-refractivity contribution in [3.8, 4) is 0 Å². The Kier molecular flexibility index (Phi) is 7.33. The Morgan fingerprint density at radius 3 is 2.72 bits per heavy atom. The fourth-order valence-corrected chi connectivity index (χ4v) is 3.85. The van der Waals surface area contributed by atoms with Crippen LogP contribution in [0.1, 0.15) is 19.5 Å². The first kappa shape index (κ1) is 21.4. The van der Waals surface area contributed by atoms with E-state index in [-0.39, 0.29) is 18.2 Å². The largest absolute Gasteiger partial charge is 0.449 e. The molecule has 1 aliphatic rings. The molecule has 3 rings (SSSR count). The van der Waals surface area contributed by atoms with Gasteiger partial charge in [0.15, 0.2) is 5.13 Å². The summed E-state index contributed by atoms with van der Waals surface area (Å²) in [5, 5.41) is 5.54. The van der Waals surface area contributed by atoms with Gasteiger partial charge in [0.2, 0.25) is 5.91 Å². The third kappa shape index (κ3) is 6.33. The van der Waals surface area contributed by atoms with Gasteiger partial charge in [-0.1, -0.05) is 31.5 Å². The number of carbonyl (C=O) groups excluding carboxylic acids is 2. The van der Waals surface area contributed by atoms with Crippen molar-refractivity contribution in [3.63, 3.8) is 0 Å². The summed E-state index contributed by atoms with van der Waals surface area (Å²) in [4.78, 5) is 32.7. The number of amides is 2. The van der Waals surface area contributed by atoms with Gasteiger partial charge in [-0.15, -0.1) is 11.3 Å². The van der Waals surface area contributed by atoms with Crippen LogP contribution in [0.15, 0.2) is 29.6 Å². The maximum atomic E-state index is 12.6. The van der Waals surface area contributed by atoms with Crippen LogP contribution < -0.4 is 10.2 Å². The van der Waals surface area contributed by atoms with Gasteiger partial charge in [0.25, 0.3) is 0 Å². The number of rotatable bonds is 6. The second-order valence-electron chi connectivity index (χ2n) is 7.29. The summed E-state index contributed by atoms with van der Waals surface area (Å²) in [6.45, 7) is 7.12. The molecule has 0 unspecified atom stereocenters. The number of ether oxygens (including phenoxy) is 1. The normalized spacial score (nSPS) is 14.2. The van der Waals surface area contributed by atoms with Crippen LogP contribution in [0.4, 0.5) is 15.6 Å². The van der Waals surface area contributed by atoms with Gasteiger partial charge in [0.05, 0.1) is 18.7 Å². The number of anilines is 2. The number of carbonyl (C=O) groups is 2. The van der Waals surface area contributed by atoms with E-state index in [9.17, 15) is 9.59 Å². The Morgan fingerprint density at radius 2 is 2.03 bits per heavy atom. The van der Waals surface area contributed by atoms with Crippen molar-refractivity contribution >= 4 is 45.8 Å². The lowest BCUT2D eigenvalue weighted by Gasteiger charge is -2.36. The van der Waals surface area contributed by atoms with E-state index in [2.05, 4.69) is 15.2 Å². The molecule has 0 aliphatic carbocycles. The van der Waals surface area contributed by atoms with Crippen LogP contribution in [0.5, 0.6) is 0 Å². The van der Waals surface area contributed by atoms with Crippen LogP contribution in [0.25, 0.3) is 0 Å². The minimum absolute atomic E-state index is 0.0370. The van der Waals surface area contributed by atoms with Gasteiger partial charge in [0.1, 0.15) is 0 Å². The second kappa shape index (κ2) is 9.93. The molecular formula is C20H25ClN4O3S. The number of piperazine rings is 1. The van der Waals surface area contributed by atoms with E-state index in [1.807, 2.05) is 43.0 Å².